The zero-order valence-corrected chi connectivity index (χ0v) is 9.83. The van der Waals surface area contributed by atoms with Crippen molar-refractivity contribution in [1.82, 2.24) is 5.32 Å². The summed E-state index contributed by atoms with van der Waals surface area (Å²) in [5.41, 5.74) is -1.90. The summed E-state index contributed by atoms with van der Waals surface area (Å²) in [5, 5.41) is 2.68. The van der Waals surface area contributed by atoms with Crippen molar-refractivity contribution in [1.29, 1.82) is 0 Å². The van der Waals surface area contributed by atoms with E-state index in [1.165, 1.54) is 0 Å². The van der Waals surface area contributed by atoms with Crippen LogP contribution in [0.2, 0.25) is 0 Å². The molecule has 1 aliphatic rings. The maximum Gasteiger partial charge on any atom is 0.406 e. The van der Waals surface area contributed by atoms with Crippen molar-refractivity contribution in [2.24, 2.45) is 11.3 Å². The fraction of sp³-hybridized carbons (Fsp3) is 1.00. The van der Waals surface area contributed by atoms with Crippen LogP contribution in [0, 0.1) is 11.3 Å². The second-order valence-electron chi connectivity index (χ2n) is 5.45. The molecule has 90 valence electrons. The molecular formula is C11H20F3N. The zero-order valence-electron chi connectivity index (χ0n) is 9.83. The van der Waals surface area contributed by atoms with Gasteiger partial charge in [0.2, 0.25) is 0 Å². The summed E-state index contributed by atoms with van der Waals surface area (Å²) in [6, 6.07) is 0. The van der Waals surface area contributed by atoms with Crippen LogP contribution < -0.4 is 5.32 Å². The smallest absolute Gasteiger partial charge is 0.304 e. The highest BCUT2D eigenvalue weighted by Crippen LogP contribution is 2.54. The summed E-state index contributed by atoms with van der Waals surface area (Å²) in [7, 11) is 0. The Balaban J connectivity index is 3.03. The molecule has 1 fully saturated rings. The van der Waals surface area contributed by atoms with E-state index >= 15 is 0 Å². The van der Waals surface area contributed by atoms with E-state index < -0.39 is 11.7 Å². The number of alkyl halides is 3. The van der Waals surface area contributed by atoms with Gasteiger partial charge in [-0.1, -0.05) is 27.7 Å². The van der Waals surface area contributed by atoms with Crippen LogP contribution in [0.25, 0.3) is 0 Å². The quantitative estimate of drug-likeness (QED) is 0.757. The molecule has 2 unspecified atom stereocenters. The Hall–Kier alpha value is -0.250. The highest BCUT2D eigenvalue weighted by atomic mass is 19.4. The highest BCUT2D eigenvalue weighted by Gasteiger charge is 2.63. The molecule has 0 spiro atoms. The summed E-state index contributed by atoms with van der Waals surface area (Å²) in [5.74, 6) is -0.354. The molecule has 0 saturated heterocycles. The summed E-state index contributed by atoms with van der Waals surface area (Å²) < 4.78 is 39.4. The first-order chi connectivity index (χ1) is 6.65. The monoisotopic (exact) mass is 223 g/mol. The van der Waals surface area contributed by atoms with E-state index in [2.05, 4.69) is 5.32 Å². The molecule has 1 saturated carbocycles. The molecule has 0 bridgehead atoms. The molecule has 1 aliphatic carbocycles. The van der Waals surface area contributed by atoms with Crippen molar-refractivity contribution >= 4 is 0 Å². The van der Waals surface area contributed by atoms with E-state index in [1.807, 2.05) is 13.8 Å². The molecule has 4 heteroatoms. The number of nitrogens with one attached hydrogen (secondary N) is 1. The minimum absolute atomic E-state index is 0.179. The molecule has 1 rings (SSSR count). The van der Waals surface area contributed by atoms with Crippen molar-refractivity contribution < 1.29 is 13.2 Å². The lowest BCUT2D eigenvalue weighted by molar-refractivity contribution is -0.207. The van der Waals surface area contributed by atoms with Gasteiger partial charge in [0, 0.05) is 0 Å². The van der Waals surface area contributed by atoms with Gasteiger partial charge in [-0.3, -0.25) is 0 Å². The number of hydrogen-bond acceptors (Lipinski definition) is 1. The third kappa shape index (κ3) is 2.14. The van der Waals surface area contributed by atoms with Crippen LogP contribution >= 0.6 is 0 Å². The van der Waals surface area contributed by atoms with E-state index in [4.69, 9.17) is 0 Å². The first kappa shape index (κ1) is 12.8. The molecule has 0 heterocycles. The number of halogens is 3. The lowest BCUT2D eigenvalue weighted by atomic mass is 9.85. The van der Waals surface area contributed by atoms with Crippen molar-refractivity contribution in [2.45, 2.75) is 52.3 Å². The van der Waals surface area contributed by atoms with Crippen LogP contribution in [0.15, 0.2) is 0 Å². The lowest BCUT2D eigenvalue weighted by Crippen LogP contribution is -2.58. The van der Waals surface area contributed by atoms with Gasteiger partial charge in [0.1, 0.15) is 5.54 Å². The maximum absolute atomic E-state index is 13.1. The second kappa shape index (κ2) is 3.65. The predicted molar refractivity (Wildman–Crippen MR) is 54.6 cm³/mol. The van der Waals surface area contributed by atoms with Crippen LogP contribution in [0.1, 0.15) is 40.5 Å². The van der Waals surface area contributed by atoms with Gasteiger partial charge in [-0.2, -0.15) is 13.2 Å². The maximum atomic E-state index is 13.1. The van der Waals surface area contributed by atoms with Gasteiger partial charge in [-0.15, -0.1) is 0 Å². The molecule has 2 atom stereocenters. The Morgan fingerprint density at radius 2 is 1.87 bits per heavy atom. The lowest BCUT2D eigenvalue weighted by Gasteiger charge is -2.37. The van der Waals surface area contributed by atoms with Crippen LogP contribution in [0.5, 0.6) is 0 Å². The summed E-state index contributed by atoms with van der Waals surface area (Å²) in [6.07, 6.45) is -3.35. The van der Waals surface area contributed by atoms with E-state index in [9.17, 15) is 13.2 Å². The molecule has 0 aromatic rings. The summed E-state index contributed by atoms with van der Waals surface area (Å²) in [4.78, 5) is 0. The Kier molecular flexibility index (Phi) is 3.12. The van der Waals surface area contributed by atoms with E-state index in [-0.39, 0.29) is 17.8 Å². The summed E-state index contributed by atoms with van der Waals surface area (Å²) >= 11 is 0. The Morgan fingerprint density at radius 3 is 2.13 bits per heavy atom. The minimum atomic E-state index is -4.16. The normalized spacial score (nSPS) is 35.8. The summed E-state index contributed by atoms with van der Waals surface area (Å²) in [6.45, 7) is 7.61. The fourth-order valence-electron chi connectivity index (χ4n) is 3.04. The minimum Gasteiger partial charge on any atom is -0.304 e. The Bertz CT molecular complexity index is 234. The molecule has 0 amide bonds. The molecule has 0 aromatic carbocycles. The van der Waals surface area contributed by atoms with Gasteiger partial charge in [-0.05, 0) is 30.7 Å². The SMILES string of the molecule is CCNC1(C(F)(F)F)CC(C)(C)CC1C. The van der Waals surface area contributed by atoms with Crippen molar-refractivity contribution in [3.05, 3.63) is 0 Å². The highest BCUT2D eigenvalue weighted by molar-refractivity contribution is 5.08. The fourth-order valence-corrected chi connectivity index (χ4v) is 3.04. The van der Waals surface area contributed by atoms with Crippen LogP contribution in [0.3, 0.4) is 0 Å². The molecular weight excluding hydrogens is 203 g/mol. The van der Waals surface area contributed by atoms with Crippen molar-refractivity contribution in [3.8, 4) is 0 Å². The third-order valence-corrected chi connectivity index (χ3v) is 3.46. The molecule has 1 nitrogen and oxygen atoms in total. The van der Waals surface area contributed by atoms with Gasteiger partial charge < -0.3 is 5.32 Å². The van der Waals surface area contributed by atoms with E-state index in [0.29, 0.717) is 13.0 Å². The molecule has 1 N–H and O–H groups in total. The third-order valence-electron chi connectivity index (χ3n) is 3.46. The van der Waals surface area contributed by atoms with Gasteiger partial charge >= 0.3 is 6.18 Å². The number of rotatable bonds is 2. The second-order valence-corrected chi connectivity index (χ2v) is 5.45. The standard InChI is InChI=1S/C11H20F3N/c1-5-15-10(11(12,13)14)7-9(3,4)6-8(10)2/h8,15H,5-7H2,1-4H3. The zero-order chi connectivity index (χ0) is 11.9. The Labute approximate surface area is 89.4 Å². The van der Waals surface area contributed by atoms with E-state index in [0.717, 1.165) is 0 Å². The Morgan fingerprint density at radius 1 is 1.33 bits per heavy atom. The number of hydrogen-bond donors (Lipinski definition) is 1. The van der Waals surface area contributed by atoms with Crippen LogP contribution in [-0.2, 0) is 0 Å². The van der Waals surface area contributed by atoms with Gasteiger partial charge in [0.05, 0.1) is 0 Å². The predicted octanol–water partition coefficient (Wildman–Crippen LogP) is 3.35. The van der Waals surface area contributed by atoms with Crippen LogP contribution in [0.4, 0.5) is 13.2 Å². The van der Waals surface area contributed by atoms with Gasteiger partial charge in [0.25, 0.3) is 0 Å². The molecule has 15 heavy (non-hydrogen) atoms. The first-order valence-electron chi connectivity index (χ1n) is 5.46. The molecule has 0 radical (unpaired) electrons. The van der Waals surface area contributed by atoms with Gasteiger partial charge in [0.15, 0.2) is 0 Å². The average molecular weight is 223 g/mol. The van der Waals surface area contributed by atoms with Crippen molar-refractivity contribution in [2.75, 3.05) is 6.54 Å². The first-order valence-corrected chi connectivity index (χ1v) is 5.46. The topological polar surface area (TPSA) is 12.0 Å². The van der Waals surface area contributed by atoms with Crippen LogP contribution in [-0.4, -0.2) is 18.3 Å². The largest absolute Gasteiger partial charge is 0.406 e. The molecule has 0 aliphatic heterocycles. The molecule has 0 aromatic heterocycles. The van der Waals surface area contributed by atoms with Crippen molar-refractivity contribution in [3.63, 3.8) is 0 Å². The average Bonchev–Trinajstić information content (AvgIpc) is 2.21. The van der Waals surface area contributed by atoms with E-state index in [1.54, 1.807) is 13.8 Å². The van der Waals surface area contributed by atoms with Gasteiger partial charge in [-0.25, -0.2) is 0 Å².